The number of aromatic amines is 2. The van der Waals surface area contributed by atoms with E-state index in [-0.39, 0.29) is 25.7 Å². The Morgan fingerprint density at radius 1 is 0.951 bits per heavy atom. The number of benzene rings is 1. The van der Waals surface area contributed by atoms with Crippen LogP contribution in [0.5, 0.6) is 0 Å². The first-order valence-electron chi connectivity index (χ1n) is 12.8. The lowest BCUT2D eigenvalue weighted by Crippen LogP contribution is -2.60. The standard InChI is InChI=1S/C26H33N7O8/c1-13(34)22(25(39)32-20(26(40)41)9-15-11-28-12-30-15)33-24(38)19(31-23(37)17(27)6-7-21(35)36)8-14-10-29-18-5-3-2-4-16(14)18/h2-5,10-13,17,19-20,22,29,34H,6-9,27H2,1H3,(H,28,30)(H,31,37)(H,32,39)(H,33,38)(H,35,36)(H,40,41). The number of carbonyl (C=O) groups is 5. The third-order valence-corrected chi connectivity index (χ3v) is 6.39. The molecular formula is C26H33N7O8. The maximum absolute atomic E-state index is 13.4. The zero-order valence-electron chi connectivity index (χ0n) is 22.2. The Kier molecular flexibility index (Phi) is 10.5. The summed E-state index contributed by atoms with van der Waals surface area (Å²) in [5, 5.41) is 36.8. The molecular weight excluding hydrogens is 538 g/mol. The molecule has 10 N–H and O–H groups in total. The van der Waals surface area contributed by atoms with Gasteiger partial charge in [-0.25, -0.2) is 9.78 Å². The molecule has 15 heteroatoms. The fourth-order valence-electron chi connectivity index (χ4n) is 4.16. The molecule has 0 aliphatic heterocycles. The lowest BCUT2D eigenvalue weighted by molar-refractivity contribution is -0.143. The van der Waals surface area contributed by atoms with Gasteiger partial charge in [-0.3, -0.25) is 19.2 Å². The summed E-state index contributed by atoms with van der Waals surface area (Å²) in [5.41, 5.74) is 7.71. The van der Waals surface area contributed by atoms with Crippen LogP contribution in [0.4, 0.5) is 0 Å². The highest BCUT2D eigenvalue weighted by atomic mass is 16.4. The molecule has 0 saturated carbocycles. The first kappa shape index (κ1) is 30.8. The predicted octanol–water partition coefficient (Wildman–Crippen LogP) is -1.21. The first-order valence-corrected chi connectivity index (χ1v) is 12.8. The number of aromatic nitrogens is 3. The zero-order valence-corrected chi connectivity index (χ0v) is 22.2. The average Bonchev–Trinajstić information content (AvgIpc) is 3.59. The Hall–Kier alpha value is -4.76. The van der Waals surface area contributed by atoms with Crippen molar-refractivity contribution in [2.45, 2.75) is 62.9 Å². The fourth-order valence-corrected chi connectivity index (χ4v) is 4.16. The summed E-state index contributed by atoms with van der Waals surface area (Å²) in [4.78, 5) is 71.5. The Balaban J connectivity index is 1.79. The maximum atomic E-state index is 13.4. The van der Waals surface area contributed by atoms with E-state index in [1.54, 1.807) is 12.3 Å². The van der Waals surface area contributed by atoms with Crippen LogP contribution in [0.25, 0.3) is 10.9 Å². The highest BCUT2D eigenvalue weighted by molar-refractivity contribution is 5.95. The molecule has 220 valence electrons. The van der Waals surface area contributed by atoms with Crippen molar-refractivity contribution in [3.8, 4) is 0 Å². The Bertz CT molecular complexity index is 1370. The number of aliphatic carboxylic acids is 2. The van der Waals surface area contributed by atoms with Crippen molar-refractivity contribution in [3.63, 3.8) is 0 Å². The summed E-state index contributed by atoms with van der Waals surface area (Å²) in [6.45, 7) is 1.24. The number of hydrogen-bond acceptors (Lipinski definition) is 8. The molecule has 0 aliphatic rings. The van der Waals surface area contributed by atoms with Crippen LogP contribution in [0.3, 0.4) is 0 Å². The highest BCUT2D eigenvalue weighted by Crippen LogP contribution is 2.19. The van der Waals surface area contributed by atoms with Crippen LogP contribution in [-0.4, -0.2) is 90.2 Å². The van der Waals surface area contributed by atoms with Gasteiger partial charge in [0.1, 0.15) is 18.1 Å². The molecule has 0 saturated heterocycles. The molecule has 0 radical (unpaired) electrons. The number of imidazole rings is 1. The number of H-pyrrole nitrogens is 2. The molecule has 1 aromatic carbocycles. The van der Waals surface area contributed by atoms with Gasteiger partial charge in [0.2, 0.25) is 17.7 Å². The van der Waals surface area contributed by atoms with Gasteiger partial charge in [0.25, 0.3) is 0 Å². The lowest BCUT2D eigenvalue weighted by atomic mass is 10.0. The van der Waals surface area contributed by atoms with Crippen LogP contribution < -0.4 is 21.7 Å². The molecule has 5 unspecified atom stereocenters. The van der Waals surface area contributed by atoms with E-state index in [1.807, 2.05) is 18.2 Å². The molecule has 2 aromatic heterocycles. The summed E-state index contributed by atoms with van der Waals surface area (Å²) in [6, 6.07) is 1.78. The first-order chi connectivity index (χ1) is 19.5. The van der Waals surface area contributed by atoms with E-state index in [9.17, 15) is 34.2 Å². The number of nitrogens with zero attached hydrogens (tertiary/aromatic N) is 1. The Morgan fingerprint density at radius 3 is 2.29 bits per heavy atom. The van der Waals surface area contributed by atoms with Crippen LogP contribution >= 0.6 is 0 Å². The normalized spacial score (nSPS) is 14.8. The minimum atomic E-state index is -1.57. The molecule has 3 aromatic rings. The van der Waals surface area contributed by atoms with Crippen LogP contribution in [-0.2, 0) is 36.8 Å². The van der Waals surface area contributed by atoms with Crippen molar-refractivity contribution in [3.05, 3.63) is 54.2 Å². The van der Waals surface area contributed by atoms with Crippen molar-refractivity contribution in [1.82, 2.24) is 30.9 Å². The number of carbonyl (C=O) groups excluding carboxylic acids is 3. The summed E-state index contributed by atoms with van der Waals surface area (Å²) < 4.78 is 0. The molecule has 3 rings (SSSR count). The molecule has 0 aliphatic carbocycles. The monoisotopic (exact) mass is 571 g/mol. The minimum Gasteiger partial charge on any atom is -0.481 e. The highest BCUT2D eigenvalue weighted by Gasteiger charge is 2.33. The molecule has 3 amide bonds. The van der Waals surface area contributed by atoms with Gasteiger partial charge in [-0.2, -0.15) is 0 Å². The summed E-state index contributed by atoms with van der Waals surface area (Å²) in [6.07, 6.45) is 2.26. The number of para-hydroxylation sites is 1. The number of nitrogens with two attached hydrogens (primary N) is 1. The van der Waals surface area contributed by atoms with E-state index in [2.05, 4.69) is 30.9 Å². The molecule has 0 spiro atoms. The van der Waals surface area contributed by atoms with Crippen LogP contribution in [0.1, 0.15) is 31.0 Å². The fraction of sp³-hybridized carbons (Fsp3) is 0.385. The van der Waals surface area contributed by atoms with Gasteiger partial charge in [-0.15, -0.1) is 0 Å². The number of aliphatic hydroxyl groups excluding tert-OH is 1. The zero-order chi connectivity index (χ0) is 30.1. The van der Waals surface area contributed by atoms with Gasteiger partial charge in [0.15, 0.2) is 0 Å². The Morgan fingerprint density at radius 2 is 1.66 bits per heavy atom. The number of aliphatic hydroxyl groups is 1. The van der Waals surface area contributed by atoms with Gasteiger partial charge in [0, 0.05) is 48.3 Å². The number of hydrogen-bond donors (Lipinski definition) is 9. The van der Waals surface area contributed by atoms with Crippen molar-refractivity contribution in [2.75, 3.05) is 0 Å². The second kappa shape index (κ2) is 14.0. The third-order valence-electron chi connectivity index (χ3n) is 6.39. The summed E-state index contributed by atoms with van der Waals surface area (Å²) in [7, 11) is 0. The Labute approximate surface area is 233 Å². The van der Waals surface area contributed by atoms with E-state index >= 15 is 0 Å². The van der Waals surface area contributed by atoms with Crippen molar-refractivity contribution >= 4 is 40.6 Å². The van der Waals surface area contributed by atoms with Crippen molar-refractivity contribution < 1.29 is 39.3 Å². The van der Waals surface area contributed by atoms with Crippen LogP contribution in [0, 0.1) is 0 Å². The average molecular weight is 572 g/mol. The van der Waals surface area contributed by atoms with Crippen molar-refractivity contribution in [2.24, 2.45) is 5.73 Å². The molecule has 15 nitrogen and oxygen atoms in total. The molecule has 41 heavy (non-hydrogen) atoms. The van der Waals surface area contributed by atoms with Gasteiger partial charge in [0.05, 0.1) is 18.5 Å². The topological polar surface area (TPSA) is 253 Å². The number of carboxylic acids is 2. The molecule has 5 atom stereocenters. The second-order valence-corrected chi connectivity index (χ2v) is 9.57. The quantitative estimate of drug-likeness (QED) is 0.105. The van der Waals surface area contributed by atoms with Gasteiger partial charge < -0.3 is 47.0 Å². The van der Waals surface area contributed by atoms with E-state index in [0.29, 0.717) is 11.3 Å². The second-order valence-electron chi connectivity index (χ2n) is 9.57. The van der Waals surface area contributed by atoms with Gasteiger partial charge in [-0.05, 0) is 25.0 Å². The predicted molar refractivity (Wildman–Crippen MR) is 144 cm³/mol. The number of nitrogens with one attached hydrogen (secondary N) is 5. The summed E-state index contributed by atoms with van der Waals surface area (Å²) >= 11 is 0. The smallest absolute Gasteiger partial charge is 0.326 e. The summed E-state index contributed by atoms with van der Waals surface area (Å²) in [5.74, 6) is -5.08. The van der Waals surface area contributed by atoms with E-state index in [0.717, 1.165) is 10.9 Å². The van der Waals surface area contributed by atoms with Crippen LogP contribution in [0.2, 0.25) is 0 Å². The minimum absolute atomic E-state index is 0.0427. The third kappa shape index (κ3) is 8.61. The van der Waals surface area contributed by atoms with Crippen molar-refractivity contribution in [1.29, 1.82) is 0 Å². The maximum Gasteiger partial charge on any atom is 0.326 e. The van der Waals surface area contributed by atoms with Crippen LogP contribution in [0.15, 0.2) is 43.0 Å². The molecule has 0 bridgehead atoms. The number of fused-ring (bicyclic) bond motifs is 1. The van der Waals surface area contributed by atoms with E-state index in [4.69, 9.17) is 10.8 Å². The number of amides is 3. The SMILES string of the molecule is CC(O)C(NC(=O)C(Cc1c[nH]c2ccccc12)NC(=O)C(N)CCC(=O)O)C(=O)NC(Cc1cnc[nH]1)C(=O)O. The number of carboxylic acid groups (broad SMARTS) is 2. The van der Waals surface area contributed by atoms with Gasteiger partial charge in [-0.1, -0.05) is 18.2 Å². The van der Waals surface area contributed by atoms with E-state index in [1.165, 1.54) is 19.4 Å². The molecule has 2 heterocycles. The van der Waals surface area contributed by atoms with E-state index < -0.39 is 59.9 Å². The largest absolute Gasteiger partial charge is 0.481 e. The molecule has 0 fully saturated rings. The lowest BCUT2D eigenvalue weighted by Gasteiger charge is -2.26. The number of rotatable bonds is 15. The van der Waals surface area contributed by atoms with Gasteiger partial charge >= 0.3 is 11.9 Å².